The lowest BCUT2D eigenvalue weighted by molar-refractivity contribution is -0.136. The lowest BCUT2D eigenvalue weighted by Gasteiger charge is -2.36. The topological polar surface area (TPSA) is 36.4 Å². The fourth-order valence-corrected chi connectivity index (χ4v) is 4.78. The fraction of sp³-hybridized carbons (Fsp3) is 0.556. The molecule has 3 heterocycles. The van der Waals surface area contributed by atoms with Gasteiger partial charge >= 0.3 is 0 Å². The van der Waals surface area contributed by atoms with Crippen LogP contribution in [0.3, 0.4) is 0 Å². The average Bonchev–Trinajstić information content (AvgIpc) is 3.08. The van der Waals surface area contributed by atoms with Crippen molar-refractivity contribution in [1.82, 2.24) is 9.88 Å². The highest BCUT2D eigenvalue weighted by molar-refractivity contribution is 7.22. The van der Waals surface area contributed by atoms with Gasteiger partial charge in [-0.2, -0.15) is 0 Å². The molecule has 2 saturated heterocycles. The van der Waals surface area contributed by atoms with E-state index in [4.69, 9.17) is 0 Å². The quantitative estimate of drug-likeness (QED) is 0.832. The molecule has 2 fully saturated rings. The van der Waals surface area contributed by atoms with Gasteiger partial charge in [0.25, 0.3) is 0 Å². The molecule has 1 aromatic carbocycles. The summed E-state index contributed by atoms with van der Waals surface area (Å²) in [5.41, 5.74) is 0.446. The number of carbonyl (C=O) groups excluding carboxylic acids is 1. The first-order valence-corrected chi connectivity index (χ1v) is 9.63. The maximum absolute atomic E-state index is 13.9. The van der Waals surface area contributed by atoms with Crippen molar-refractivity contribution in [2.75, 3.05) is 31.1 Å². The molecular weight excluding hydrogens is 325 g/mol. The van der Waals surface area contributed by atoms with Gasteiger partial charge in [-0.25, -0.2) is 9.37 Å². The molecule has 24 heavy (non-hydrogen) atoms. The number of likely N-dealkylation sites (tertiary alicyclic amines) is 1. The number of para-hydroxylation sites is 1. The van der Waals surface area contributed by atoms with E-state index >= 15 is 0 Å². The number of aromatic nitrogens is 1. The van der Waals surface area contributed by atoms with Gasteiger partial charge in [-0.1, -0.05) is 17.4 Å². The lowest BCUT2D eigenvalue weighted by Crippen LogP contribution is -2.46. The monoisotopic (exact) mass is 347 g/mol. The van der Waals surface area contributed by atoms with Gasteiger partial charge in [-0.15, -0.1) is 0 Å². The molecule has 0 spiro atoms. The van der Waals surface area contributed by atoms with E-state index < -0.39 is 0 Å². The molecule has 0 N–H and O–H groups in total. The van der Waals surface area contributed by atoms with Crippen LogP contribution >= 0.6 is 11.3 Å². The number of hydrogen-bond acceptors (Lipinski definition) is 4. The molecule has 2 aliphatic heterocycles. The van der Waals surface area contributed by atoms with E-state index in [-0.39, 0.29) is 11.7 Å². The molecule has 1 atom stereocenters. The predicted octanol–water partition coefficient (Wildman–Crippen LogP) is 3.66. The Morgan fingerprint density at radius 1 is 1.17 bits per heavy atom. The van der Waals surface area contributed by atoms with E-state index in [2.05, 4.69) is 9.88 Å². The highest BCUT2D eigenvalue weighted by Crippen LogP contribution is 2.33. The summed E-state index contributed by atoms with van der Waals surface area (Å²) in [5, 5.41) is 0.839. The van der Waals surface area contributed by atoms with E-state index in [1.54, 1.807) is 6.07 Å². The lowest BCUT2D eigenvalue weighted by atomic mass is 9.96. The van der Waals surface area contributed by atoms with Gasteiger partial charge in [0.05, 0.1) is 10.6 Å². The number of piperidine rings is 2. The van der Waals surface area contributed by atoms with Crippen molar-refractivity contribution >= 4 is 32.6 Å². The van der Waals surface area contributed by atoms with Crippen molar-refractivity contribution < 1.29 is 9.18 Å². The number of hydrogen-bond donors (Lipinski definition) is 0. The summed E-state index contributed by atoms with van der Waals surface area (Å²) in [4.78, 5) is 21.5. The molecule has 4 nitrogen and oxygen atoms in total. The van der Waals surface area contributed by atoms with Gasteiger partial charge < -0.3 is 9.80 Å². The van der Waals surface area contributed by atoms with Crippen LogP contribution < -0.4 is 4.90 Å². The minimum atomic E-state index is -0.270. The van der Waals surface area contributed by atoms with Crippen molar-refractivity contribution in [2.24, 2.45) is 5.92 Å². The van der Waals surface area contributed by atoms with Crippen LogP contribution in [0.15, 0.2) is 18.2 Å². The molecule has 4 rings (SSSR count). The molecule has 128 valence electrons. The van der Waals surface area contributed by atoms with Crippen molar-refractivity contribution in [3.05, 3.63) is 24.0 Å². The Labute approximate surface area is 145 Å². The third-order valence-corrected chi connectivity index (χ3v) is 6.15. The molecule has 1 unspecified atom stereocenters. The zero-order chi connectivity index (χ0) is 16.5. The number of nitrogens with zero attached hydrogens (tertiary/aromatic N) is 3. The third-order valence-electron chi connectivity index (χ3n) is 5.07. The average molecular weight is 347 g/mol. The maximum atomic E-state index is 13.9. The van der Waals surface area contributed by atoms with E-state index in [1.165, 1.54) is 23.8 Å². The Balaban J connectivity index is 1.51. The number of anilines is 1. The van der Waals surface area contributed by atoms with Gasteiger partial charge in [-0.05, 0) is 44.2 Å². The van der Waals surface area contributed by atoms with Gasteiger partial charge in [-0.3, -0.25) is 4.79 Å². The molecule has 0 radical (unpaired) electrons. The van der Waals surface area contributed by atoms with Crippen LogP contribution in [0.1, 0.15) is 32.1 Å². The van der Waals surface area contributed by atoms with Crippen LogP contribution in [0.5, 0.6) is 0 Å². The summed E-state index contributed by atoms with van der Waals surface area (Å²) in [6, 6.07) is 5.07. The largest absolute Gasteiger partial charge is 0.347 e. The first kappa shape index (κ1) is 15.8. The number of carbonyl (C=O) groups is 1. The van der Waals surface area contributed by atoms with Crippen LogP contribution in [0.2, 0.25) is 0 Å². The molecule has 2 aliphatic rings. The van der Waals surface area contributed by atoms with Crippen LogP contribution in [-0.4, -0.2) is 42.0 Å². The van der Waals surface area contributed by atoms with Gasteiger partial charge in [0, 0.05) is 26.2 Å². The normalized spacial score (nSPS) is 22.1. The van der Waals surface area contributed by atoms with Crippen molar-refractivity contribution in [1.29, 1.82) is 0 Å². The van der Waals surface area contributed by atoms with Crippen LogP contribution in [0.25, 0.3) is 10.2 Å². The van der Waals surface area contributed by atoms with Crippen LogP contribution in [0, 0.1) is 11.7 Å². The maximum Gasteiger partial charge on any atom is 0.227 e. The van der Waals surface area contributed by atoms with E-state index in [1.807, 2.05) is 11.0 Å². The summed E-state index contributed by atoms with van der Waals surface area (Å²) < 4.78 is 14.7. The molecule has 6 heteroatoms. The summed E-state index contributed by atoms with van der Waals surface area (Å²) in [6.07, 6.45) is 5.42. The van der Waals surface area contributed by atoms with E-state index in [0.29, 0.717) is 18.0 Å². The van der Waals surface area contributed by atoms with Gasteiger partial charge in [0.15, 0.2) is 5.13 Å². The second-order valence-electron chi connectivity index (χ2n) is 6.75. The van der Waals surface area contributed by atoms with Crippen LogP contribution in [0.4, 0.5) is 9.52 Å². The summed E-state index contributed by atoms with van der Waals surface area (Å²) in [6.45, 7) is 3.41. The molecule has 1 amide bonds. The molecule has 0 saturated carbocycles. The number of fused-ring (bicyclic) bond motifs is 1. The molecule has 2 aromatic rings. The Hall–Kier alpha value is -1.69. The first-order valence-electron chi connectivity index (χ1n) is 8.81. The second kappa shape index (κ2) is 6.67. The Kier molecular flexibility index (Phi) is 4.39. The molecular formula is C18H22FN3OS. The van der Waals surface area contributed by atoms with E-state index in [0.717, 1.165) is 55.1 Å². The van der Waals surface area contributed by atoms with Crippen molar-refractivity contribution in [2.45, 2.75) is 32.1 Å². The summed E-state index contributed by atoms with van der Waals surface area (Å²) in [7, 11) is 0. The van der Waals surface area contributed by atoms with Gasteiger partial charge in [0.2, 0.25) is 5.91 Å². The standard InChI is InChI=1S/C18H22FN3OS/c19-14-7-4-8-15-16(14)20-18(24-15)22-11-5-6-13(12-22)17(23)21-9-2-1-3-10-21/h4,7-8,13H,1-3,5-6,9-12H2. The fourth-order valence-electron chi connectivity index (χ4n) is 3.76. The molecule has 0 bridgehead atoms. The first-order chi connectivity index (χ1) is 11.7. The minimum Gasteiger partial charge on any atom is -0.347 e. The Morgan fingerprint density at radius 2 is 2.00 bits per heavy atom. The number of thiazole rings is 1. The Bertz CT molecular complexity index is 741. The number of rotatable bonds is 2. The number of halogens is 1. The highest BCUT2D eigenvalue weighted by Gasteiger charge is 2.31. The van der Waals surface area contributed by atoms with E-state index in [9.17, 15) is 9.18 Å². The number of amides is 1. The van der Waals surface area contributed by atoms with Crippen molar-refractivity contribution in [3.8, 4) is 0 Å². The Morgan fingerprint density at radius 3 is 2.79 bits per heavy atom. The highest BCUT2D eigenvalue weighted by atomic mass is 32.1. The summed E-state index contributed by atoms with van der Waals surface area (Å²) in [5.74, 6) is 0.0772. The van der Waals surface area contributed by atoms with Gasteiger partial charge in [0.1, 0.15) is 11.3 Å². The molecule has 1 aromatic heterocycles. The zero-order valence-electron chi connectivity index (χ0n) is 13.7. The SMILES string of the molecule is O=C(C1CCCN(c2nc3c(F)cccc3s2)C1)N1CCCCC1. The zero-order valence-corrected chi connectivity index (χ0v) is 14.5. The van der Waals surface area contributed by atoms with Crippen LogP contribution in [-0.2, 0) is 4.79 Å². The van der Waals surface area contributed by atoms with Crippen molar-refractivity contribution in [3.63, 3.8) is 0 Å². The molecule has 0 aliphatic carbocycles. The number of benzene rings is 1. The minimum absolute atomic E-state index is 0.0497. The summed E-state index contributed by atoms with van der Waals surface area (Å²) >= 11 is 1.52. The third kappa shape index (κ3) is 2.99. The predicted molar refractivity (Wildman–Crippen MR) is 94.9 cm³/mol. The second-order valence-corrected chi connectivity index (χ2v) is 7.76. The smallest absolute Gasteiger partial charge is 0.227 e.